The zero-order valence-corrected chi connectivity index (χ0v) is 16.9. The van der Waals surface area contributed by atoms with Gasteiger partial charge in [-0.3, -0.25) is 4.79 Å². The van der Waals surface area contributed by atoms with Crippen molar-refractivity contribution in [3.63, 3.8) is 0 Å². The largest absolute Gasteiger partial charge is 0.378 e. The van der Waals surface area contributed by atoms with Gasteiger partial charge in [-0.25, -0.2) is 4.39 Å². The summed E-state index contributed by atoms with van der Waals surface area (Å²) in [5, 5.41) is 3.67. The number of fused-ring (bicyclic) bond motifs is 1. The van der Waals surface area contributed by atoms with Gasteiger partial charge in [-0.15, -0.1) is 0 Å². The van der Waals surface area contributed by atoms with Gasteiger partial charge in [0, 0.05) is 17.3 Å². The molecule has 3 nitrogen and oxygen atoms in total. The molecule has 1 heterocycles. The number of aryl methyl sites for hydroxylation is 2. The maximum Gasteiger partial charge on any atom is 0.258 e. The van der Waals surface area contributed by atoms with E-state index in [1.165, 1.54) is 17.7 Å². The summed E-state index contributed by atoms with van der Waals surface area (Å²) in [6.45, 7) is 6.16. The summed E-state index contributed by atoms with van der Waals surface area (Å²) >= 11 is 0. The van der Waals surface area contributed by atoms with E-state index in [2.05, 4.69) is 37.4 Å². The van der Waals surface area contributed by atoms with E-state index in [0.717, 1.165) is 28.9 Å². The smallest absolute Gasteiger partial charge is 0.258 e. The lowest BCUT2D eigenvalue weighted by Crippen LogP contribution is -2.45. The molecule has 3 aromatic rings. The second-order valence-corrected chi connectivity index (χ2v) is 7.79. The lowest BCUT2D eigenvalue weighted by Gasteiger charge is -2.41. The van der Waals surface area contributed by atoms with Crippen molar-refractivity contribution >= 4 is 17.3 Å². The average molecular weight is 388 g/mol. The van der Waals surface area contributed by atoms with Crippen LogP contribution in [0.5, 0.6) is 0 Å². The molecule has 4 rings (SSSR count). The highest BCUT2D eigenvalue weighted by Crippen LogP contribution is 2.41. The van der Waals surface area contributed by atoms with Crippen molar-refractivity contribution in [2.24, 2.45) is 0 Å². The van der Waals surface area contributed by atoms with Gasteiger partial charge in [0.05, 0.1) is 11.7 Å². The first-order valence-electron chi connectivity index (χ1n) is 9.96. The molecule has 1 N–H and O–H groups in total. The van der Waals surface area contributed by atoms with E-state index in [0.29, 0.717) is 5.56 Å². The Hall–Kier alpha value is -3.14. The monoisotopic (exact) mass is 388 g/mol. The van der Waals surface area contributed by atoms with Gasteiger partial charge in [-0.2, -0.15) is 0 Å². The quantitative estimate of drug-likeness (QED) is 0.594. The van der Waals surface area contributed by atoms with Crippen LogP contribution in [-0.2, 0) is 0 Å². The molecular weight excluding hydrogens is 363 g/mol. The molecule has 1 aliphatic rings. The molecule has 3 aromatic carbocycles. The maximum atomic E-state index is 13.7. The molecule has 0 fully saturated rings. The normalized spacial score (nSPS) is 18.3. The number of hydrogen-bond acceptors (Lipinski definition) is 2. The van der Waals surface area contributed by atoms with E-state index < -0.39 is 5.82 Å². The minimum atomic E-state index is -0.399. The van der Waals surface area contributed by atoms with E-state index in [1.54, 1.807) is 12.1 Å². The van der Waals surface area contributed by atoms with Gasteiger partial charge in [-0.1, -0.05) is 42.5 Å². The number of halogens is 1. The SMILES string of the molecule is Cc1ccccc1N[C@H]1C[C@H](C)N(C(=O)c2cccc(F)c2)c2c(C)cccc21. The van der Waals surface area contributed by atoms with Gasteiger partial charge in [-0.05, 0) is 68.1 Å². The number of rotatable bonds is 3. The topological polar surface area (TPSA) is 32.3 Å². The fourth-order valence-electron chi connectivity index (χ4n) is 4.21. The number of nitrogens with one attached hydrogen (secondary N) is 1. The predicted molar refractivity (Wildman–Crippen MR) is 116 cm³/mol. The summed E-state index contributed by atoms with van der Waals surface area (Å²) < 4.78 is 13.7. The highest BCUT2D eigenvalue weighted by atomic mass is 19.1. The molecule has 0 radical (unpaired) electrons. The van der Waals surface area contributed by atoms with E-state index in [-0.39, 0.29) is 18.0 Å². The van der Waals surface area contributed by atoms with Crippen LogP contribution in [0.15, 0.2) is 66.7 Å². The van der Waals surface area contributed by atoms with Crippen molar-refractivity contribution in [1.82, 2.24) is 0 Å². The number of benzene rings is 3. The lowest BCUT2D eigenvalue weighted by molar-refractivity contribution is 0.0973. The third-order valence-corrected chi connectivity index (χ3v) is 5.67. The molecule has 0 spiro atoms. The van der Waals surface area contributed by atoms with E-state index in [1.807, 2.05) is 36.1 Å². The number of carbonyl (C=O) groups excluding carboxylic acids is 1. The Balaban J connectivity index is 1.75. The second kappa shape index (κ2) is 7.70. The van der Waals surface area contributed by atoms with Gasteiger partial charge in [0.1, 0.15) is 5.82 Å². The maximum absolute atomic E-state index is 13.7. The molecule has 0 saturated heterocycles. The van der Waals surface area contributed by atoms with Crippen LogP contribution in [0.3, 0.4) is 0 Å². The zero-order valence-electron chi connectivity index (χ0n) is 16.9. The zero-order chi connectivity index (χ0) is 20.5. The first-order valence-corrected chi connectivity index (χ1v) is 9.96. The summed E-state index contributed by atoms with van der Waals surface area (Å²) in [4.78, 5) is 15.2. The van der Waals surface area contributed by atoms with Crippen molar-refractivity contribution in [2.45, 2.75) is 39.3 Å². The van der Waals surface area contributed by atoms with Crippen molar-refractivity contribution < 1.29 is 9.18 Å². The number of hydrogen-bond donors (Lipinski definition) is 1. The summed E-state index contributed by atoms with van der Waals surface area (Å²) in [6, 6.07) is 20.4. The number of carbonyl (C=O) groups is 1. The van der Waals surface area contributed by atoms with Gasteiger partial charge in [0.2, 0.25) is 0 Å². The van der Waals surface area contributed by atoms with Gasteiger partial charge < -0.3 is 10.2 Å². The third-order valence-electron chi connectivity index (χ3n) is 5.67. The summed E-state index contributed by atoms with van der Waals surface area (Å²) in [5.74, 6) is -0.563. The Morgan fingerprint density at radius 2 is 1.72 bits per heavy atom. The molecule has 0 saturated carbocycles. The predicted octanol–water partition coefficient (Wildman–Crippen LogP) is 6.03. The van der Waals surface area contributed by atoms with Crippen LogP contribution in [0.25, 0.3) is 0 Å². The Morgan fingerprint density at radius 3 is 2.48 bits per heavy atom. The lowest BCUT2D eigenvalue weighted by atomic mass is 9.88. The number of amides is 1. The van der Waals surface area contributed by atoms with Crippen LogP contribution in [0.2, 0.25) is 0 Å². The standard InChI is InChI=1S/C25H25FN2O/c1-16-8-4-5-13-22(16)27-23-14-18(3)28(24-17(2)9-6-12-21(23)24)25(29)19-10-7-11-20(26)15-19/h4-13,15,18,23,27H,14H2,1-3H3/t18-,23-/m0/s1. The van der Waals surface area contributed by atoms with E-state index >= 15 is 0 Å². The molecule has 4 heteroatoms. The van der Waals surface area contributed by atoms with E-state index in [9.17, 15) is 9.18 Å². The minimum Gasteiger partial charge on any atom is -0.378 e. The van der Waals surface area contributed by atoms with Crippen LogP contribution in [0.1, 0.15) is 46.4 Å². The highest BCUT2D eigenvalue weighted by molar-refractivity contribution is 6.07. The van der Waals surface area contributed by atoms with Crippen LogP contribution in [-0.4, -0.2) is 11.9 Å². The fraction of sp³-hybridized carbons (Fsp3) is 0.240. The first-order chi connectivity index (χ1) is 14.0. The summed E-state index contributed by atoms with van der Waals surface area (Å²) in [6.07, 6.45) is 0.770. The highest BCUT2D eigenvalue weighted by Gasteiger charge is 2.35. The molecule has 0 unspecified atom stereocenters. The van der Waals surface area contributed by atoms with Crippen molar-refractivity contribution in [3.05, 3.63) is 94.8 Å². The third kappa shape index (κ3) is 3.63. The Labute approximate surface area is 171 Å². The number of anilines is 2. The van der Waals surface area contributed by atoms with Crippen LogP contribution >= 0.6 is 0 Å². The number of nitrogens with zero attached hydrogens (tertiary/aromatic N) is 1. The first kappa shape index (κ1) is 19.2. The molecular formula is C25H25FN2O. The van der Waals surface area contributed by atoms with Crippen LogP contribution in [0, 0.1) is 19.7 Å². The molecule has 2 atom stereocenters. The summed E-state index contributed by atoms with van der Waals surface area (Å²) in [5.41, 5.74) is 5.71. The Bertz CT molecular complexity index is 1060. The van der Waals surface area contributed by atoms with Crippen LogP contribution < -0.4 is 10.2 Å². The molecule has 29 heavy (non-hydrogen) atoms. The summed E-state index contributed by atoms with van der Waals surface area (Å²) in [7, 11) is 0. The Kier molecular flexibility index (Phi) is 5.10. The molecule has 0 aliphatic carbocycles. The molecule has 148 valence electrons. The van der Waals surface area contributed by atoms with E-state index in [4.69, 9.17) is 0 Å². The average Bonchev–Trinajstić information content (AvgIpc) is 2.70. The van der Waals surface area contributed by atoms with Gasteiger partial charge in [0.15, 0.2) is 0 Å². The Morgan fingerprint density at radius 1 is 1.00 bits per heavy atom. The molecule has 1 aliphatic heterocycles. The second-order valence-electron chi connectivity index (χ2n) is 7.79. The van der Waals surface area contributed by atoms with Gasteiger partial charge in [0.25, 0.3) is 5.91 Å². The molecule has 0 aromatic heterocycles. The molecule has 1 amide bonds. The minimum absolute atomic E-state index is 0.0270. The van der Waals surface area contributed by atoms with Crippen LogP contribution in [0.4, 0.5) is 15.8 Å². The van der Waals surface area contributed by atoms with Crippen molar-refractivity contribution in [2.75, 3.05) is 10.2 Å². The fourth-order valence-corrected chi connectivity index (χ4v) is 4.21. The van der Waals surface area contributed by atoms with Gasteiger partial charge >= 0.3 is 0 Å². The van der Waals surface area contributed by atoms with Crippen molar-refractivity contribution in [3.8, 4) is 0 Å². The number of para-hydroxylation sites is 2. The van der Waals surface area contributed by atoms with Crippen molar-refractivity contribution in [1.29, 1.82) is 0 Å². The molecule has 0 bridgehead atoms.